The molecular formula is C12H27Si. The van der Waals surface area contributed by atoms with Gasteiger partial charge in [-0.05, 0) is 0 Å². The molecule has 0 saturated heterocycles. The highest BCUT2D eigenvalue weighted by molar-refractivity contribution is 6.35. The Kier molecular flexibility index (Phi) is 12.4. The normalized spacial score (nSPS) is 10.6. The van der Waals surface area contributed by atoms with Crippen molar-refractivity contribution < 1.29 is 0 Å². The fourth-order valence-corrected chi connectivity index (χ4v) is 3.02. The molecule has 0 saturated carbocycles. The van der Waals surface area contributed by atoms with E-state index in [9.17, 15) is 0 Å². The molecule has 0 aliphatic carbocycles. The van der Waals surface area contributed by atoms with Crippen LogP contribution < -0.4 is 0 Å². The Balaban J connectivity index is 2.76. The average Bonchev–Trinajstić information content (AvgIpc) is 2.16. The van der Waals surface area contributed by atoms with Gasteiger partial charge in [-0.15, -0.1) is 0 Å². The van der Waals surface area contributed by atoms with Crippen LogP contribution in [0.2, 0.25) is 12.1 Å². The van der Waals surface area contributed by atoms with Gasteiger partial charge in [0.1, 0.15) is 0 Å². The first-order valence-electron chi connectivity index (χ1n) is 6.23. The zero-order chi connectivity index (χ0) is 9.78. The zero-order valence-corrected chi connectivity index (χ0v) is 10.8. The summed E-state index contributed by atoms with van der Waals surface area (Å²) in [6.07, 6.45) is 11.7. The largest absolute Gasteiger partial charge is 0.0654 e. The van der Waals surface area contributed by atoms with Gasteiger partial charge in [0.25, 0.3) is 0 Å². The summed E-state index contributed by atoms with van der Waals surface area (Å²) in [5, 5.41) is 0. The van der Waals surface area contributed by atoms with E-state index >= 15 is 0 Å². The van der Waals surface area contributed by atoms with Crippen molar-refractivity contribution in [2.45, 2.75) is 77.3 Å². The Morgan fingerprint density at radius 3 is 1.46 bits per heavy atom. The van der Waals surface area contributed by atoms with Gasteiger partial charge in [-0.3, -0.25) is 0 Å². The lowest BCUT2D eigenvalue weighted by atomic mass is 10.2. The van der Waals surface area contributed by atoms with Gasteiger partial charge in [-0.1, -0.05) is 77.3 Å². The fraction of sp³-hybridized carbons (Fsp3) is 1.00. The van der Waals surface area contributed by atoms with Crippen LogP contribution in [-0.4, -0.2) is 9.52 Å². The molecule has 0 heterocycles. The average molecular weight is 199 g/mol. The minimum absolute atomic E-state index is 0.805. The van der Waals surface area contributed by atoms with E-state index in [1.165, 1.54) is 51.4 Å². The van der Waals surface area contributed by atoms with Gasteiger partial charge in [0, 0.05) is 9.52 Å². The Hall–Kier alpha value is 0.217. The molecule has 13 heavy (non-hydrogen) atoms. The predicted octanol–water partition coefficient (Wildman–Crippen LogP) is 4.42. The first-order chi connectivity index (χ1) is 6.41. The highest BCUT2D eigenvalue weighted by Gasteiger charge is 1.91. The van der Waals surface area contributed by atoms with Crippen LogP contribution in [0.1, 0.15) is 65.2 Å². The van der Waals surface area contributed by atoms with Crippen molar-refractivity contribution in [1.29, 1.82) is 0 Å². The quantitative estimate of drug-likeness (QED) is 0.361. The third kappa shape index (κ3) is 12.2. The summed E-state index contributed by atoms with van der Waals surface area (Å²) in [6, 6.07) is 3.12. The second kappa shape index (κ2) is 12.2. The maximum atomic E-state index is 2.29. The second-order valence-corrected chi connectivity index (χ2v) is 5.72. The number of hydrogen-bond donors (Lipinski definition) is 0. The molecule has 0 fully saturated rings. The number of unbranched alkanes of at least 4 members (excludes halogenated alkanes) is 6. The highest BCUT2D eigenvalue weighted by Crippen LogP contribution is 2.06. The molecule has 0 aromatic rings. The van der Waals surface area contributed by atoms with Crippen molar-refractivity contribution in [2.24, 2.45) is 0 Å². The molecule has 0 aliphatic rings. The molecule has 0 bridgehead atoms. The first-order valence-corrected chi connectivity index (χ1v) is 7.86. The van der Waals surface area contributed by atoms with E-state index < -0.39 is 0 Å². The number of rotatable bonds is 10. The summed E-state index contributed by atoms with van der Waals surface area (Å²) in [5.74, 6) is 0. The zero-order valence-electron chi connectivity index (χ0n) is 9.65. The summed E-state index contributed by atoms with van der Waals surface area (Å²) in [4.78, 5) is 0. The molecule has 1 heteroatoms. The van der Waals surface area contributed by atoms with Gasteiger partial charge in [0.05, 0.1) is 0 Å². The maximum absolute atomic E-state index is 2.29. The Morgan fingerprint density at radius 1 is 0.615 bits per heavy atom. The molecule has 0 amide bonds. The minimum atomic E-state index is 0.805. The molecule has 0 atom stereocenters. The lowest BCUT2D eigenvalue weighted by molar-refractivity contribution is 0.689. The minimum Gasteiger partial charge on any atom is -0.0654 e. The monoisotopic (exact) mass is 199 g/mol. The Morgan fingerprint density at radius 2 is 1.08 bits per heavy atom. The molecule has 0 N–H and O–H groups in total. The van der Waals surface area contributed by atoms with E-state index in [0.29, 0.717) is 0 Å². The number of hydrogen-bond acceptors (Lipinski definition) is 0. The van der Waals surface area contributed by atoms with Crippen LogP contribution in [-0.2, 0) is 0 Å². The van der Waals surface area contributed by atoms with Crippen molar-refractivity contribution in [1.82, 2.24) is 0 Å². The Bertz CT molecular complexity index is 71.2. The van der Waals surface area contributed by atoms with Gasteiger partial charge in [0.15, 0.2) is 0 Å². The van der Waals surface area contributed by atoms with Crippen LogP contribution in [0, 0.1) is 0 Å². The van der Waals surface area contributed by atoms with Crippen LogP contribution in [0.3, 0.4) is 0 Å². The van der Waals surface area contributed by atoms with E-state index in [0.717, 1.165) is 9.52 Å². The molecule has 0 aliphatic heterocycles. The molecule has 0 aromatic carbocycles. The lowest BCUT2D eigenvalue weighted by Crippen LogP contribution is -1.89. The van der Waals surface area contributed by atoms with Crippen molar-refractivity contribution >= 4 is 9.52 Å². The topological polar surface area (TPSA) is 0 Å². The second-order valence-electron chi connectivity index (χ2n) is 3.99. The van der Waals surface area contributed by atoms with E-state index in [4.69, 9.17) is 0 Å². The fourth-order valence-electron chi connectivity index (χ4n) is 1.58. The summed E-state index contributed by atoms with van der Waals surface area (Å²) in [7, 11) is 0.805. The molecule has 79 valence electrons. The van der Waals surface area contributed by atoms with Gasteiger partial charge in [-0.25, -0.2) is 0 Å². The predicted molar refractivity (Wildman–Crippen MR) is 65.0 cm³/mol. The molecule has 0 nitrogen and oxygen atoms in total. The molecule has 0 rings (SSSR count). The SMILES string of the molecule is CCCCCC[SiH]CCCCCC. The van der Waals surface area contributed by atoms with Crippen LogP contribution >= 0.6 is 0 Å². The van der Waals surface area contributed by atoms with Crippen LogP contribution in [0.15, 0.2) is 0 Å². The highest BCUT2D eigenvalue weighted by atomic mass is 28.2. The Labute approximate surface area is 87.3 Å². The summed E-state index contributed by atoms with van der Waals surface area (Å²) >= 11 is 0. The van der Waals surface area contributed by atoms with Gasteiger partial charge < -0.3 is 0 Å². The van der Waals surface area contributed by atoms with Crippen LogP contribution in [0.4, 0.5) is 0 Å². The van der Waals surface area contributed by atoms with Gasteiger partial charge in [-0.2, -0.15) is 0 Å². The third-order valence-corrected chi connectivity index (χ3v) is 4.16. The third-order valence-electron chi connectivity index (χ3n) is 2.52. The maximum Gasteiger partial charge on any atom is 0.0280 e. The standard InChI is InChI=1S/C12H27Si/c1-3-5-7-9-11-13-12-10-8-6-4-2/h13H,3-12H2,1-2H3. The molecule has 0 aromatic heterocycles. The summed E-state index contributed by atoms with van der Waals surface area (Å²) in [5.41, 5.74) is 0. The van der Waals surface area contributed by atoms with E-state index in [1.807, 2.05) is 0 Å². The molecular weight excluding hydrogens is 172 g/mol. The summed E-state index contributed by atoms with van der Waals surface area (Å²) in [6.45, 7) is 4.58. The van der Waals surface area contributed by atoms with E-state index in [1.54, 1.807) is 12.1 Å². The molecule has 0 spiro atoms. The lowest BCUT2D eigenvalue weighted by Gasteiger charge is -1.99. The van der Waals surface area contributed by atoms with Gasteiger partial charge >= 0.3 is 0 Å². The van der Waals surface area contributed by atoms with Crippen molar-refractivity contribution in [3.05, 3.63) is 0 Å². The first kappa shape index (κ1) is 13.2. The van der Waals surface area contributed by atoms with Crippen molar-refractivity contribution in [3.63, 3.8) is 0 Å². The smallest absolute Gasteiger partial charge is 0.0280 e. The van der Waals surface area contributed by atoms with Gasteiger partial charge in [0.2, 0.25) is 0 Å². The van der Waals surface area contributed by atoms with Crippen LogP contribution in [0.25, 0.3) is 0 Å². The van der Waals surface area contributed by atoms with E-state index in [2.05, 4.69) is 13.8 Å². The van der Waals surface area contributed by atoms with Crippen LogP contribution in [0.5, 0.6) is 0 Å². The van der Waals surface area contributed by atoms with Crippen molar-refractivity contribution in [2.75, 3.05) is 0 Å². The van der Waals surface area contributed by atoms with E-state index in [-0.39, 0.29) is 0 Å². The van der Waals surface area contributed by atoms with Crippen molar-refractivity contribution in [3.8, 4) is 0 Å². The summed E-state index contributed by atoms with van der Waals surface area (Å²) < 4.78 is 0. The molecule has 1 radical (unpaired) electrons. The molecule has 0 unspecified atom stereocenters.